The number of halogens is 4. The lowest BCUT2D eigenvalue weighted by molar-refractivity contribution is -0.312. The van der Waals surface area contributed by atoms with Crippen molar-refractivity contribution in [2.45, 2.75) is 12.2 Å². The Morgan fingerprint density at radius 3 is 1.25 bits per heavy atom. The standard InChI is InChI=1S/C2H3F4NO/c3-1(4,5)2(6,7)8/h8H,7H2. The molecule has 8 heavy (non-hydrogen) atoms. The van der Waals surface area contributed by atoms with E-state index in [1.165, 1.54) is 0 Å². The molecule has 0 radical (unpaired) electrons. The predicted molar refractivity (Wildman–Crippen MR) is 16.3 cm³/mol. The van der Waals surface area contributed by atoms with Gasteiger partial charge in [-0.15, -0.1) is 0 Å². The molecule has 2 nitrogen and oxygen atoms in total. The Kier molecular flexibility index (Phi) is 1.49. The van der Waals surface area contributed by atoms with Crippen molar-refractivity contribution >= 4 is 0 Å². The molecular weight excluding hydrogens is 130 g/mol. The second-order valence-corrected chi connectivity index (χ2v) is 1.17. The zero-order chi connectivity index (χ0) is 7.00. The molecule has 50 valence electrons. The van der Waals surface area contributed by atoms with Crippen molar-refractivity contribution < 1.29 is 22.7 Å². The largest absolute Gasteiger partial charge is 0.463 e. The van der Waals surface area contributed by atoms with E-state index in [1.807, 2.05) is 0 Å². The van der Waals surface area contributed by atoms with Gasteiger partial charge in [-0.25, -0.2) is 0 Å². The van der Waals surface area contributed by atoms with Gasteiger partial charge in [0.25, 0.3) is 0 Å². The van der Waals surface area contributed by atoms with Gasteiger partial charge in [-0.2, -0.15) is 17.6 Å². The van der Waals surface area contributed by atoms with Crippen molar-refractivity contribution in [2.24, 2.45) is 5.73 Å². The van der Waals surface area contributed by atoms with Gasteiger partial charge in [0.05, 0.1) is 0 Å². The molecule has 0 saturated heterocycles. The van der Waals surface area contributed by atoms with Crippen LogP contribution in [0.3, 0.4) is 0 Å². The van der Waals surface area contributed by atoms with E-state index in [-0.39, 0.29) is 0 Å². The van der Waals surface area contributed by atoms with Crippen molar-refractivity contribution in [1.82, 2.24) is 0 Å². The highest BCUT2D eigenvalue weighted by Crippen LogP contribution is 2.26. The molecule has 0 heterocycles. The van der Waals surface area contributed by atoms with Crippen LogP contribution in [0.4, 0.5) is 17.6 Å². The Morgan fingerprint density at radius 1 is 1.12 bits per heavy atom. The predicted octanol–water partition coefficient (Wildman–Crippen LogP) is 0.123. The molecule has 0 aliphatic rings. The Bertz CT molecular complexity index is 69.0. The van der Waals surface area contributed by atoms with Crippen molar-refractivity contribution in [3.63, 3.8) is 0 Å². The van der Waals surface area contributed by atoms with Gasteiger partial charge in [0.1, 0.15) is 0 Å². The quantitative estimate of drug-likeness (QED) is 0.280. The fraction of sp³-hybridized carbons (Fsp3) is 1.00. The molecule has 1 atom stereocenters. The number of aliphatic hydroxyl groups is 1. The van der Waals surface area contributed by atoms with E-state index in [9.17, 15) is 17.6 Å². The van der Waals surface area contributed by atoms with Crippen LogP contribution in [0.5, 0.6) is 0 Å². The minimum absolute atomic E-state index is 3.58. The first kappa shape index (κ1) is 7.64. The maximum atomic E-state index is 11.1. The fourth-order valence-electron chi connectivity index (χ4n) is 0. The summed E-state index contributed by atoms with van der Waals surface area (Å²) in [6, 6.07) is 0. The topological polar surface area (TPSA) is 46.2 Å². The third-order valence-corrected chi connectivity index (χ3v) is 0.398. The van der Waals surface area contributed by atoms with E-state index in [4.69, 9.17) is 5.11 Å². The Morgan fingerprint density at radius 2 is 1.25 bits per heavy atom. The molecule has 0 aromatic rings. The molecule has 0 aromatic carbocycles. The number of rotatable bonds is 0. The zero-order valence-electron chi connectivity index (χ0n) is 3.54. The minimum atomic E-state index is -5.40. The van der Waals surface area contributed by atoms with Crippen LogP contribution in [0.1, 0.15) is 0 Å². The van der Waals surface area contributed by atoms with E-state index in [0.717, 1.165) is 0 Å². The highest BCUT2D eigenvalue weighted by atomic mass is 19.4. The molecule has 3 N–H and O–H groups in total. The van der Waals surface area contributed by atoms with Crippen molar-refractivity contribution in [3.05, 3.63) is 0 Å². The summed E-state index contributed by atoms with van der Waals surface area (Å²) in [6.45, 7) is 0. The molecule has 1 unspecified atom stereocenters. The van der Waals surface area contributed by atoms with Crippen LogP contribution in [-0.2, 0) is 0 Å². The van der Waals surface area contributed by atoms with Crippen molar-refractivity contribution in [2.75, 3.05) is 0 Å². The van der Waals surface area contributed by atoms with Crippen molar-refractivity contribution in [3.8, 4) is 0 Å². The SMILES string of the molecule is NC(O)(F)C(F)(F)F. The summed E-state index contributed by atoms with van der Waals surface area (Å²) in [5, 5.41) is 7.34. The second-order valence-electron chi connectivity index (χ2n) is 1.17. The lowest BCUT2D eigenvalue weighted by atomic mass is 10.5. The molecule has 0 bridgehead atoms. The van der Waals surface area contributed by atoms with E-state index in [1.54, 1.807) is 0 Å². The van der Waals surface area contributed by atoms with Gasteiger partial charge in [-0.1, -0.05) is 0 Å². The van der Waals surface area contributed by atoms with Crippen LogP contribution in [0, 0.1) is 0 Å². The lowest BCUT2D eigenvalue weighted by Crippen LogP contribution is -2.49. The molecule has 0 aliphatic heterocycles. The molecular formula is C2H3F4NO. The summed E-state index contributed by atoms with van der Waals surface area (Å²) in [7, 11) is 0. The van der Waals surface area contributed by atoms with Crippen LogP contribution < -0.4 is 5.73 Å². The summed E-state index contributed by atoms with van der Waals surface area (Å²) >= 11 is 0. The summed E-state index contributed by atoms with van der Waals surface area (Å²) in [5.41, 5.74) is 3.58. The van der Waals surface area contributed by atoms with E-state index < -0.39 is 12.2 Å². The van der Waals surface area contributed by atoms with Crippen LogP contribution in [0.2, 0.25) is 0 Å². The maximum Gasteiger partial charge on any atom is 0.463 e. The van der Waals surface area contributed by atoms with Gasteiger partial charge in [0.15, 0.2) is 0 Å². The van der Waals surface area contributed by atoms with E-state index in [0.29, 0.717) is 0 Å². The smallest absolute Gasteiger partial charge is 0.343 e. The fourth-order valence-corrected chi connectivity index (χ4v) is 0. The average Bonchev–Trinajstić information content (AvgIpc) is 1.25. The monoisotopic (exact) mass is 133 g/mol. The van der Waals surface area contributed by atoms with Gasteiger partial charge in [0, 0.05) is 0 Å². The number of alkyl halides is 4. The zero-order valence-corrected chi connectivity index (χ0v) is 3.54. The first-order valence-electron chi connectivity index (χ1n) is 1.52. The normalized spacial score (nSPS) is 20.2. The number of hydrogen-bond acceptors (Lipinski definition) is 2. The highest BCUT2D eigenvalue weighted by molar-refractivity contribution is 4.64. The number of hydrogen-bond donors (Lipinski definition) is 2. The summed E-state index contributed by atoms with van der Waals surface area (Å²) in [6.07, 6.45) is -5.40. The second kappa shape index (κ2) is 1.56. The Labute approximate surface area is 41.9 Å². The highest BCUT2D eigenvalue weighted by Gasteiger charge is 2.52. The molecule has 0 amide bonds. The van der Waals surface area contributed by atoms with Crippen LogP contribution in [0.25, 0.3) is 0 Å². The van der Waals surface area contributed by atoms with Gasteiger partial charge in [0.2, 0.25) is 0 Å². The number of nitrogens with two attached hydrogens (primary N) is 1. The molecule has 0 aromatic heterocycles. The van der Waals surface area contributed by atoms with Gasteiger partial charge in [-0.3, -0.25) is 5.73 Å². The third-order valence-electron chi connectivity index (χ3n) is 0.398. The minimum Gasteiger partial charge on any atom is -0.343 e. The lowest BCUT2D eigenvalue weighted by Gasteiger charge is -2.15. The van der Waals surface area contributed by atoms with E-state index >= 15 is 0 Å². The summed E-state index contributed by atoms with van der Waals surface area (Å²) < 4.78 is 43.5. The van der Waals surface area contributed by atoms with Gasteiger partial charge in [-0.05, 0) is 0 Å². The molecule has 0 saturated carbocycles. The van der Waals surface area contributed by atoms with Crippen LogP contribution >= 0.6 is 0 Å². The summed E-state index contributed by atoms with van der Waals surface area (Å²) in [4.78, 5) is 0. The molecule has 0 rings (SSSR count). The first-order chi connectivity index (χ1) is 3.25. The van der Waals surface area contributed by atoms with Gasteiger partial charge >= 0.3 is 12.2 Å². The first-order valence-corrected chi connectivity index (χ1v) is 1.52. The van der Waals surface area contributed by atoms with Gasteiger partial charge < -0.3 is 5.11 Å². The van der Waals surface area contributed by atoms with Crippen LogP contribution in [-0.4, -0.2) is 17.3 Å². The van der Waals surface area contributed by atoms with Crippen molar-refractivity contribution in [1.29, 1.82) is 0 Å². The maximum absolute atomic E-state index is 11.1. The molecule has 0 fully saturated rings. The van der Waals surface area contributed by atoms with Crippen LogP contribution in [0.15, 0.2) is 0 Å². The third kappa shape index (κ3) is 1.63. The average molecular weight is 133 g/mol. The van der Waals surface area contributed by atoms with E-state index in [2.05, 4.69) is 5.73 Å². The summed E-state index contributed by atoms with van der Waals surface area (Å²) in [5.74, 6) is -4.56. The molecule has 0 spiro atoms. The molecule has 0 aliphatic carbocycles. The molecule has 6 heteroatoms. The Hall–Kier alpha value is -0.360. The Balaban J connectivity index is 4.02.